The highest BCUT2D eigenvalue weighted by molar-refractivity contribution is 5.87. The van der Waals surface area contributed by atoms with Crippen molar-refractivity contribution in [3.8, 4) is 6.07 Å². The van der Waals surface area contributed by atoms with Gasteiger partial charge < -0.3 is 15.6 Å². The molecule has 5 heteroatoms. The fourth-order valence-corrected chi connectivity index (χ4v) is 3.16. The zero-order valence-electron chi connectivity index (χ0n) is 12.7. The van der Waals surface area contributed by atoms with Gasteiger partial charge in [-0.2, -0.15) is 5.26 Å². The van der Waals surface area contributed by atoms with E-state index in [4.69, 9.17) is 11.0 Å². The highest BCUT2D eigenvalue weighted by atomic mass is 16.2. The zero-order valence-corrected chi connectivity index (χ0v) is 12.7. The lowest BCUT2D eigenvalue weighted by molar-refractivity contribution is -0.132. The summed E-state index contributed by atoms with van der Waals surface area (Å²) in [6.45, 7) is 2.68. The van der Waals surface area contributed by atoms with Gasteiger partial charge in [0.1, 0.15) is 6.04 Å². The van der Waals surface area contributed by atoms with Crippen molar-refractivity contribution in [2.24, 2.45) is 5.73 Å². The number of aryl methyl sites for hydroxylation is 1. The van der Waals surface area contributed by atoms with E-state index >= 15 is 0 Å². The molecule has 1 amide bonds. The number of nitrogens with two attached hydrogens (primary N) is 1. The van der Waals surface area contributed by atoms with Gasteiger partial charge in [-0.25, -0.2) is 0 Å². The summed E-state index contributed by atoms with van der Waals surface area (Å²) in [7, 11) is 0. The molecule has 2 heterocycles. The summed E-state index contributed by atoms with van der Waals surface area (Å²) in [6, 6.07) is 7.46. The third-order valence-electron chi connectivity index (χ3n) is 4.36. The van der Waals surface area contributed by atoms with Gasteiger partial charge in [0.2, 0.25) is 5.91 Å². The number of likely N-dealkylation sites (tertiary alicyclic amines) is 1. The Morgan fingerprint density at radius 3 is 3.18 bits per heavy atom. The van der Waals surface area contributed by atoms with Crippen molar-refractivity contribution in [3.63, 3.8) is 0 Å². The van der Waals surface area contributed by atoms with Crippen molar-refractivity contribution in [1.82, 2.24) is 9.88 Å². The van der Waals surface area contributed by atoms with E-state index in [1.165, 1.54) is 5.56 Å². The van der Waals surface area contributed by atoms with Gasteiger partial charge in [0.25, 0.3) is 0 Å². The number of rotatable bonds is 3. The van der Waals surface area contributed by atoms with Crippen molar-refractivity contribution in [2.75, 3.05) is 6.54 Å². The van der Waals surface area contributed by atoms with E-state index in [0.29, 0.717) is 13.0 Å². The third-order valence-corrected chi connectivity index (χ3v) is 4.36. The Kier molecular flexibility index (Phi) is 3.86. The molecular formula is C17H20N4O. The number of nitriles is 1. The van der Waals surface area contributed by atoms with Crippen LogP contribution >= 0.6 is 0 Å². The highest BCUT2D eigenvalue weighted by Crippen LogP contribution is 2.22. The maximum absolute atomic E-state index is 12.5. The van der Waals surface area contributed by atoms with E-state index in [1.807, 2.05) is 19.2 Å². The summed E-state index contributed by atoms with van der Waals surface area (Å²) in [5.74, 6) is -0.119. The summed E-state index contributed by atoms with van der Waals surface area (Å²) in [4.78, 5) is 17.3. The largest absolute Gasteiger partial charge is 0.361 e. The molecule has 114 valence electrons. The van der Waals surface area contributed by atoms with Crippen LogP contribution in [0.25, 0.3) is 10.9 Å². The molecule has 1 aliphatic rings. The Morgan fingerprint density at radius 1 is 1.59 bits per heavy atom. The number of benzene rings is 1. The van der Waals surface area contributed by atoms with E-state index in [9.17, 15) is 4.79 Å². The molecule has 0 aliphatic carbocycles. The quantitative estimate of drug-likeness (QED) is 0.906. The first-order valence-electron chi connectivity index (χ1n) is 7.62. The number of nitrogens with zero attached hydrogens (tertiary/aromatic N) is 2. The Labute approximate surface area is 129 Å². The predicted octanol–water partition coefficient (Wildman–Crippen LogP) is 1.86. The lowest BCUT2D eigenvalue weighted by Crippen LogP contribution is -2.46. The molecule has 3 N–H and O–H groups in total. The maximum atomic E-state index is 12.5. The molecule has 1 aromatic heterocycles. The molecule has 1 aromatic carbocycles. The van der Waals surface area contributed by atoms with Gasteiger partial charge in [-0.05, 0) is 43.9 Å². The number of H-pyrrole nitrogens is 1. The number of carbonyl (C=O) groups is 1. The van der Waals surface area contributed by atoms with Gasteiger partial charge in [0.15, 0.2) is 0 Å². The average molecular weight is 296 g/mol. The topological polar surface area (TPSA) is 85.9 Å². The molecule has 1 fully saturated rings. The van der Waals surface area contributed by atoms with E-state index in [0.717, 1.165) is 29.3 Å². The number of hydrogen-bond acceptors (Lipinski definition) is 3. The van der Waals surface area contributed by atoms with Gasteiger partial charge in [-0.3, -0.25) is 4.79 Å². The minimum Gasteiger partial charge on any atom is -0.361 e. The van der Waals surface area contributed by atoms with Crippen molar-refractivity contribution >= 4 is 16.8 Å². The minimum atomic E-state index is -0.603. The predicted molar refractivity (Wildman–Crippen MR) is 85.1 cm³/mol. The molecular weight excluding hydrogens is 276 g/mol. The summed E-state index contributed by atoms with van der Waals surface area (Å²) in [5.41, 5.74) is 9.40. The smallest absolute Gasteiger partial charge is 0.240 e. The number of hydrogen-bond donors (Lipinski definition) is 2. The molecule has 5 nitrogen and oxygen atoms in total. The van der Waals surface area contributed by atoms with E-state index < -0.39 is 6.04 Å². The van der Waals surface area contributed by atoms with Crippen LogP contribution in [0.2, 0.25) is 0 Å². The molecule has 1 saturated heterocycles. The fraction of sp³-hybridized carbons (Fsp3) is 0.412. The summed E-state index contributed by atoms with van der Waals surface area (Å²) in [5, 5.41) is 10.2. The van der Waals surface area contributed by atoms with Gasteiger partial charge in [-0.15, -0.1) is 0 Å². The van der Waals surface area contributed by atoms with Crippen LogP contribution in [0, 0.1) is 18.3 Å². The van der Waals surface area contributed by atoms with Gasteiger partial charge in [0, 0.05) is 23.6 Å². The minimum absolute atomic E-state index is 0.119. The first-order valence-corrected chi connectivity index (χ1v) is 7.62. The van der Waals surface area contributed by atoms with Crippen LogP contribution in [0.4, 0.5) is 0 Å². The van der Waals surface area contributed by atoms with Crippen LogP contribution < -0.4 is 5.73 Å². The second-order valence-corrected chi connectivity index (χ2v) is 5.99. The van der Waals surface area contributed by atoms with Crippen molar-refractivity contribution in [2.45, 2.75) is 38.3 Å². The monoisotopic (exact) mass is 296 g/mol. The molecule has 1 aliphatic heterocycles. The maximum Gasteiger partial charge on any atom is 0.240 e. The summed E-state index contributed by atoms with van der Waals surface area (Å²) in [6.07, 6.45) is 4.03. The molecule has 22 heavy (non-hydrogen) atoms. The normalized spacial score (nSPS) is 19.3. The fourth-order valence-electron chi connectivity index (χ4n) is 3.16. The molecule has 0 radical (unpaired) electrons. The van der Waals surface area contributed by atoms with Crippen LogP contribution in [-0.4, -0.2) is 34.4 Å². The van der Waals surface area contributed by atoms with Crippen molar-refractivity contribution < 1.29 is 4.79 Å². The van der Waals surface area contributed by atoms with Crippen LogP contribution in [0.15, 0.2) is 24.4 Å². The van der Waals surface area contributed by atoms with Crippen LogP contribution in [-0.2, 0) is 11.2 Å². The molecule has 0 saturated carbocycles. The Morgan fingerprint density at radius 2 is 2.41 bits per heavy atom. The second kappa shape index (κ2) is 5.82. The Balaban J connectivity index is 1.78. The number of amides is 1. The van der Waals surface area contributed by atoms with Gasteiger partial charge in [-0.1, -0.05) is 11.6 Å². The SMILES string of the molecule is Cc1ccc2[nH]cc(CC(N)C(=O)N3CCC[C@H]3C#N)c2c1. The number of nitrogens with one attached hydrogen (secondary N) is 1. The second-order valence-electron chi connectivity index (χ2n) is 5.99. The average Bonchev–Trinajstić information content (AvgIpc) is 3.13. The standard InChI is InChI=1S/C17H20N4O/c1-11-4-5-16-14(7-11)12(10-20-16)8-15(19)17(22)21-6-2-3-13(21)9-18/h4-5,7,10,13,15,20H,2-3,6,8,19H2,1H3/t13-,15?/m0/s1. The lowest BCUT2D eigenvalue weighted by Gasteiger charge is -2.23. The van der Waals surface area contributed by atoms with E-state index in [1.54, 1.807) is 4.90 Å². The van der Waals surface area contributed by atoms with Crippen molar-refractivity contribution in [3.05, 3.63) is 35.5 Å². The summed E-state index contributed by atoms with van der Waals surface area (Å²) >= 11 is 0. The molecule has 2 atom stereocenters. The number of aromatic amines is 1. The van der Waals surface area contributed by atoms with E-state index in [2.05, 4.69) is 23.2 Å². The first-order chi connectivity index (χ1) is 10.6. The molecule has 0 bridgehead atoms. The van der Waals surface area contributed by atoms with E-state index in [-0.39, 0.29) is 11.9 Å². The molecule has 2 aromatic rings. The van der Waals surface area contributed by atoms with Crippen molar-refractivity contribution in [1.29, 1.82) is 5.26 Å². The Hall–Kier alpha value is -2.32. The van der Waals surface area contributed by atoms with Crippen LogP contribution in [0.1, 0.15) is 24.0 Å². The third kappa shape index (κ3) is 2.58. The van der Waals surface area contributed by atoms with Gasteiger partial charge >= 0.3 is 0 Å². The Bertz CT molecular complexity index is 743. The lowest BCUT2D eigenvalue weighted by atomic mass is 10.0. The molecule has 1 unspecified atom stereocenters. The van der Waals surface area contributed by atoms with Crippen LogP contribution in [0.3, 0.4) is 0 Å². The first kappa shape index (κ1) is 14.6. The van der Waals surface area contributed by atoms with Gasteiger partial charge in [0.05, 0.1) is 12.1 Å². The number of aromatic nitrogens is 1. The highest BCUT2D eigenvalue weighted by Gasteiger charge is 2.31. The van der Waals surface area contributed by atoms with Crippen LogP contribution in [0.5, 0.6) is 0 Å². The molecule has 0 spiro atoms. The number of carbonyl (C=O) groups excluding carboxylic acids is 1. The molecule has 3 rings (SSSR count). The zero-order chi connectivity index (χ0) is 15.7. The summed E-state index contributed by atoms with van der Waals surface area (Å²) < 4.78 is 0. The number of fused-ring (bicyclic) bond motifs is 1.